The molecule has 0 saturated carbocycles. The van der Waals surface area contributed by atoms with Crippen molar-refractivity contribution >= 4 is 17.8 Å². The van der Waals surface area contributed by atoms with Crippen LogP contribution in [0, 0.1) is 11.7 Å². The largest absolute Gasteiger partial charge is 0.490 e. The van der Waals surface area contributed by atoms with Gasteiger partial charge in [-0.05, 0) is 6.42 Å². The fourth-order valence-electron chi connectivity index (χ4n) is 3.20. The molecule has 9 nitrogen and oxygen atoms in total. The highest BCUT2D eigenvalue weighted by Gasteiger charge is 2.43. The van der Waals surface area contributed by atoms with Crippen LogP contribution in [0.4, 0.5) is 23.5 Å². The quantitative estimate of drug-likeness (QED) is 0.500. The first-order valence-corrected chi connectivity index (χ1v) is 9.03. The van der Waals surface area contributed by atoms with E-state index in [0.717, 1.165) is 13.0 Å². The van der Waals surface area contributed by atoms with Crippen molar-refractivity contribution in [2.75, 3.05) is 38.3 Å². The fraction of sp³-hybridized carbons (Fsp3) is 0.647. The molecule has 2 aliphatic rings. The first-order chi connectivity index (χ1) is 14.1. The molecule has 2 saturated heterocycles. The van der Waals surface area contributed by atoms with E-state index in [1.807, 2.05) is 4.90 Å². The van der Waals surface area contributed by atoms with Crippen molar-refractivity contribution in [1.82, 2.24) is 15.3 Å². The standard InChI is InChI=1S/C15H21FN4O3.C2HF3O2/c1-22-3-2-17-14(21)5-12-4-10-8-20(9-13(10)23-12)15-18-6-11(16)7-19-15;3-2(4,5)1(6)7/h6-7,10,12-13H,2-5,8-9H2,1H3,(H,17,21);(H,6,7)/t10-,12-,13+;/m0./s1. The van der Waals surface area contributed by atoms with Crippen LogP contribution in [0.1, 0.15) is 12.8 Å². The number of alkyl halides is 3. The summed E-state index contributed by atoms with van der Waals surface area (Å²) in [5.74, 6) is -2.32. The lowest BCUT2D eigenvalue weighted by atomic mass is 10.0. The van der Waals surface area contributed by atoms with E-state index in [9.17, 15) is 22.4 Å². The Morgan fingerprint density at radius 3 is 2.50 bits per heavy atom. The number of carbonyl (C=O) groups is 2. The zero-order valence-electron chi connectivity index (χ0n) is 16.1. The summed E-state index contributed by atoms with van der Waals surface area (Å²) in [4.78, 5) is 30.7. The van der Waals surface area contributed by atoms with E-state index >= 15 is 0 Å². The summed E-state index contributed by atoms with van der Waals surface area (Å²) in [6.07, 6.45) is -1.47. The van der Waals surface area contributed by atoms with Gasteiger partial charge < -0.3 is 24.8 Å². The van der Waals surface area contributed by atoms with Gasteiger partial charge in [0.2, 0.25) is 11.9 Å². The molecular weight excluding hydrogens is 416 g/mol. The van der Waals surface area contributed by atoms with Crippen molar-refractivity contribution < 1.29 is 41.7 Å². The van der Waals surface area contributed by atoms with E-state index in [1.165, 1.54) is 12.4 Å². The van der Waals surface area contributed by atoms with Gasteiger partial charge in [0.05, 0.1) is 37.6 Å². The minimum atomic E-state index is -5.08. The van der Waals surface area contributed by atoms with Crippen LogP contribution >= 0.6 is 0 Å². The second-order valence-corrected chi connectivity index (χ2v) is 6.75. The van der Waals surface area contributed by atoms with Gasteiger partial charge in [0.25, 0.3) is 0 Å². The van der Waals surface area contributed by atoms with Crippen LogP contribution in [0.3, 0.4) is 0 Å². The SMILES string of the molecule is COCCNC(=O)C[C@@H]1C[C@H]2CN(c3ncc(F)cn3)C[C@H]2O1.O=C(O)C(F)(F)F. The Kier molecular flexibility index (Phi) is 8.29. The number of hydrogen-bond donors (Lipinski definition) is 2. The number of hydrogen-bond acceptors (Lipinski definition) is 7. The minimum Gasteiger partial charge on any atom is -0.475 e. The normalized spacial score (nSPS) is 22.8. The van der Waals surface area contributed by atoms with Crippen LogP contribution in [0.15, 0.2) is 12.4 Å². The van der Waals surface area contributed by atoms with Gasteiger partial charge in [-0.2, -0.15) is 13.2 Å². The average Bonchev–Trinajstić information content (AvgIpc) is 3.20. The first-order valence-electron chi connectivity index (χ1n) is 9.03. The summed E-state index contributed by atoms with van der Waals surface area (Å²) in [6, 6.07) is 0. The van der Waals surface area contributed by atoms with Crippen LogP contribution in [0.5, 0.6) is 0 Å². The van der Waals surface area contributed by atoms with Crippen LogP contribution in [0.2, 0.25) is 0 Å². The topological polar surface area (TPSA) is 114 Å². The molecule has 2 aliphatic heterocycles. The lowest BCUT2D eigenvalue weighted by Crippen LogP contribution is -2.31. The highest BCUT2D eigenvalue weighted by molar-refractivity contribution is 5.76. The van der Waals surface area contributed by atoms with Crippen molar-refractivity contribution in [3.8, 4) is 0 Å². The molecule has 1 aromatic rings. The van der Waals surface area contributed by atoms with E-state index in [1.54, 1.807) is 7.11 Å². The van der Waals surface area contributed by atoms with Gasteiger partial charge in [0.1, 0.15) is 0 Å². The monoisotopic (exact) mass is 438 g/mol. The van der Waals surface area contributed by atoms with Crippen molar-refractivity contribution in [2.45, 2.75) is 31.2 Å². The third kappa shape index (κ3) is 7.06. The third-order valence-electron chi connectivity index (χ3n) is 4.49. The number of methoxy groups -OCH3 is 1. The Morgan fingerprint density at radius 2 is 1.97 bits per heavy atom. The number of carbonyl (C=O) groups excluding carboxylic acids is 1. The summed E-state index contributed by atoms with van der Waals surface area (Å²) in [5.41, 5.74) is 0. The van der Waals surface area contributed by atoms with Gasteiger partial charge in [-0.1, -0.05) is 0 Å². The average molecular weight is 438 g/mol. The number of ether oxygens (including phenoxy) is 2. The number of anilines is 1. The molecule has 1 aromatic heterocycles. The van der Waals surface area contributed by atoms with Crippen LogP contribution in [0.25, 0.3) is 0 Å². The van der Waals surface area contributed by atoms with Crippen LogP contribution in [-0.4, -0.2) is 78.7 Å². The van der Waals surface area contributed by atoms with E-state index in [2.05, 4.69) is 15.3 Å². The number of halogens is 4. The minimum absolute atomic E-state index is 0.00857. The van der Waals surface area contributed by atoms with Gasteiger partial charge in [-0.25, -0.2) is 19.2 Å². The van der Waals surface area contributed by atoms with Crippen LogP contribution < -0.4 is 10.2 Å². The molecule has 168 valence electrons. The van der Waals surface area contributed by atoms with E-state index in [-0.39, 0.29) is 18.1 Å². The molecule has 3 atom stereocenters. The number of fused-ring (bicyclic) bond motifs is 1. The van der Waals surface area contributed by atoms with E-state index in [4.69, 9.17) is 19.4 Å². The summed E-state index contributed by atoms with van der Waals surface area (Å²) in [5, 5.41) is 9.93. The predicted molar refractivity (Wildman–Crippen MR) is 94.2 cm³/mol. The number of carboxylic acids is 1. The second-order valence-electron chi connectivity index (χ2n) is 6.75. The second kappa shape index (κ2) is 10.5. The third-order valence-corrected chi connectivity index (χ3v) is 4.49. The number of aromatic nitrogens is 2. The van der Waals surface area contributed by atoms with E-state index < -0.39 is 18.0 Å². The molecule has 3 heterocycles. The Hall–Kier alpha value is -2.54. The van der Waals surface area contributed by atoms with Gasteiger partial charge in [0.15, 0.2) is 5.82 Å². The zero-order chi connectivity index (χ0) is 22.3. The summed E-state index contributed by atoms with van der Waals surface area (Å²) in [7, 11) is 1.60. The number of rotatable bonds is 6. The molecule has 2 fully saturated rings. The van der Waals surface area contributed by atoms with Crippen molar-refractivity contribution in [1.29, 1.82) is 0 Å². The molecule has 13 heteroatoms. The fourth-order valence-corrected chi connectivity index (χ4v) is 3.20. The maximum Gasteiger partial charge on any atom is 0.490 e. The van der Waals surface area contributed by atoms with Gasteiger partial charge in [-0.3, -0.25) is 4.79 Å². The molecule has 1 amide bonds. The smallest absolute Gasteiger partial charge is 0.475 e. The molecule has 0 aromatic carbocycles. The molecular formula is C17H22F4N4O5. The maximum absolute atomic E-state index is 12.9. The Labute approximate surface area is 169 Å². The van der Waals surface area contributed by atoms with Crippen molar-refractivity contribution in [3.05, 3.63) is 18.2 Å². The highest BCUT2D eigenvalue weighted by atomic mass is 19.4. The molecule has 2 N–H and O–H groups in total. The lowest BCUT2D eigenvalue weighted by Gasteiger charge is -2.19. The molecule has 0 radical (unpaired) electrons. The van der Waals surface area contributed by atoms with Gasteiger partial charge in [-0.15, -0.1) is 0 Å². The molecule has 30 heavy (non-hydrogen) atoms. The predicted octanol–water partition coefficient (Wildman–Crippen LogP) is 0.995. The lowest BCUT2D eigenvalue weighted by molar-refractivity contribution is -0.192. The van der Waals surface area contributed by atoms with Crippen molar-refractivity contribution in [3.63, 3.8) is 0 Å². The summed E-state index contributed by atoms with van der Waals surface area (Å²) >= 11 is 0. The highest BCUT2D eigenvalue weighted by Crippen LogP contribution is 2.35. The van der Waals surface area contributed by atoms with Crippen LogP contribution in [-0.2, 0) is 19.1 Å². The molecule has 0 unspecified atom stereocenters. The molecule has 3 rings (SSSR count). The Bertz CT molecular complexity index is 705. The molecule has 0 aliphatic carbocycles. The Morgan fingerprint density at radius 1 is 1.33 bits per heavy atom. The number of amides is 1. The zero-order valence-corrected chi connectivity index (χ0v) is 16.1. The molecule has 0 bridgehead atoms. The van der Waals surface area contributed by atoms with Gasteiger partial charge in [0, 0.05) is 32.7 Å². The maximum atomic E-state index is 12.9. The van der Waals surface area contributed by atoms with Gasteiger partial charge >= 0.3 is 12.1 Å². The Balaban J connectivity index is 0.000000396. The number of aliphatic carboxylic acids is 1. The number of nitrogens with zero attached hydrogens (tertiary/aromatic N) is 3. The number of carboxylic acid groups (broad SMARTS) is 1. The summed E-state index contributed by atoms with van der Waals surface area (Å²) in [6.45, 7) is 2.48. The van der Waals surface area contributed by atoms with E-state index in [0.29, 0.717) is 38.0 Å². The number of nitrogens with one attached hydrogen (secondary N) is 1. The first kappa shape index (κ1) is 23.7. The molecule has 0 spiro atoms. The summed E-state index contributed by atoms with van der Waals surface area (Å²) < 4.78 is 55.5. The van der Waals surface area contributed by atoms with Crippen molar-refractivity contribution in [2.24, 2.45) is 5.92 Å².